The number of benzene rings is 1. The van der Waals surface area contributed by atoms with Gasteiger partial charge in [-0.1, -0.05) is 12.8 Å². The summed E-state index contributed by atoms with van der Waals surface area (Å²) in [5.74, 6) is -1.90. The van der Waals surface area contributed by atoms with E-state index in [9.17, 15) is 14.0 Å². The Morgan fingerprint density at radius 1 is 1.13 bits per heavy atom. The van der Waals surface area contributed by atoms with Crippen LogP contribution in [0.15, 0.2) is 24.3 Å². The number of hydrogen-bond acceptors (Lipinski definition) is 4. The van der Waals surface area contributed by atoms with Crippen LogP contribution in [0.25, 0.3) is 0 Å². The molecule has 0 aliphatic heterocycles. The van der Waals surface area contributed by atoms with Crippen molar-refractivity contribution < 1.29 is 19.1 Å². The Kier molecular flexibility index (Phi) is 8.86. The molecule has 0 unspecified atom stereocenters. The van der Waals surface area contributed by atoms with Crippen LogP contribution in [0.4, 0.5) is 10.1 Å². The van der Waals surface area contributed by atoms with Gasteiger partial charge in [0, 0.05) is 5.69 Å². The third-order valence-electron chi connectivity index (χ3n) is 3.34. The molecule has 0 spiro atoms. The lowest BCUT2D eigenvalue weighted by molar-refractivity contribution is -0.141. The summed E-state index contributed by atoms with van der Waals surface area (Å²) in [6.45, 7) is 1.19. The molecule has 0 aromatic heterocycles. The molecule has 23 heavy (non-hydrogen) atoms. The summed E-state index contributed by atoms with van der Waals surface area (Å²) in [6.07, 6.45) is 3.60. The van der Waals surface area contributed by atoms with Crippen molar-refractivity contribution in [3.8, 4) is 0 Å². The van der Waals surface area contributed by atoms with Crippen LogP contribution in [0.5, 0.6) is 0 Å². The molecule has 1 amide bonds. The molecule has 0 saturated carbocycles. The fourth-order valence-electron chi connectivity index (χ4n) is 2.08. The van der Waals surface area contributed by atoms with Crippen molar-refractivity contribution in [3.05, 3.63) is 30.1 Å². The van der Waals surface area contributed by atoms with Crippen LogP contribution >= 0.6 is 0 Å². The highest BCUT2D eigenvalue weighted by atomic mass is 19.1. The van der Waals surface area contributed by atoms with Gasteiger partial charge in [0.1, 0.15) is 11.9 Å². The van der Waals surface area contributed by atoms with Crippen molar-refractivity contribution in [1.29, 1.82) is 0 Å². The van der Waals surface area contributed by atoms with E-state index in [1.807, 2.05) is 0 Å². The van der Waals surface area contributed by atoms with E-state index >= 15 is 0 Å². The Labute approximate surface area is 135 Å². The SMILES string of the molecule is NCCCCCCN[C@@H](CC(=O)Nc1ccc(F)cc1)C(=O)O. The molecule has 5 N–H and O–H groups in total. The van der Waals surface area contributed by atoms with Crippen molar-refractivity contribution in [2.75, 3.05) is 18.4 Å². The third-order valence-corrected chi connectivity index (χ3v) is 3.34. The quantitative estimate of drug-likeness (QED) is 0.464. The van der Waals surface area contributed by atoms with Crippen LogP contribution < -0.4 is 16.4 Å². The van der Waals surface area contributed by atoms with Crippen LogP contribution in [-0.2, 0) is 9.59 Å². The largest absolute Gasteiger partial charge is 0.480 e. The molecule has 7 heteroatoms. The number of anilines is 1. The van der Waals surface area contributed by atoms with Gasteiger partial charge in [0.05, 0.1) is 6.42 Å². The highest BCUT2D eigenvalue weighted by molar-refractivity contribution is 5.93. The number of rotatable bonds is 11. The van der Waals surface area contributed by atoms with E-state index in [4.69, 9.17) is 10.8 Å². The number of carboxylic acid groups (broad SMARTS) is 1. The van der Waals surface area contributed by atoms with Crippen LogP contribution in [-0.4, -0.2) is 36.1 Å². The normalized spacial score (nSPS) is 11.9. The van der Waals surface area contributed by atoms with E-state index in [-0.39, 0.29) is 6.42 Å². The molecular weight excluding hydrogens is 301 g/mol. The van der Waals surface area contributed by atoms with Gasteiger partial charge < -0.3 is 21.5 Å². The third kappa shape index (κ3) is 8.27. The zero-order valence-electron chi connectivity index (χ0n) is 13.1. The first-order valence-corrected chi connectivity index (χ1v) is 7.74. The molecule has 0 fully saturated rings. The monoisotopic (exact) mass is 325 g/mol. The molecule has 0 aliphatic carbocycles. The lowest BCUT2D eigenvalue weighted by Gasteiger charge is -2.14. The second-order valence-corrected chi connectivity index (χ2v) is 5.31. The zero-order chi connectivity index (χ0) is 17.1. The molecule has 6 nitrogen and oxygen atoms in total. The molecule has 1 atom stereocenters. The smallest absolute Gasteiger partial charge is 0.321 e. The number of hydrogen-bond donors (Lipinski definition) is 4. The maximum absolute atomic E-state index is 12.8. The predicted molar refractivity (Wildman–Crippen MR) is 86.6 cm³/mol. The fraction of sp³-hybridized carbons (Fsp3) is 0.500. The molecule has 0 bridgehead atoms. The topological polar surface area (TPSA) is 104 Å². The van der Waals surface area contributed by atoms with Crippen molar-refractivity contribution in [1.82, 2.24) is 5.32 Å². The van der Waals surface area contributed by atoms with E-state index in [1.54, 1.807) is 0 Å². The number of carbonyl (C=O) groups is 2. The number of halogens is 1. The van der Waals surface area contributed by atoms with E-state index in [0.717, 1.165) is 25.7 Å². The molecule has 0 saturated heterocycles. The van der Waals surface area contributed by atoms with Gasteiger partial charge in [-0.05, 0) is 50.2 Å². The standard InChI is InChI=1S/C16H24FN3O3/c17-12-5-7-13(8-6-12)20-15(21)11-14(16(22)23)19-10-4-2-1-3-9-18/h5-8,14,19H,1-4,9-11,18H2,(H,20,21)(H,22,23)/t14-/m0/s1. The molecule has 1 aromatic carbocycles. The average molecular weight is 325 g/mol. The van der Waals surface area contributed by atoms with E-state index in [0.29, 0.717) is 18.8 Å². The first kappa shape index (κ1) is 19.1. The Morgan fingerprint density at radius 2 is 1.78 bits per heavy atom. The van der Waals surface area contributed by atoms with Gasteiger partial charge in [-0.25, -0.2) is 4.39 Å². The number of nitrogens with one attached hydrogen (secondary N) is 2. The Morgan fingerprint density at radius 3 is 2.39 bits per heavy atom. The number of carboxylic acids is 1. The fourth-order valence-corrected chi connectivity index (χ4v) is 2.08. The summed E-state index contributed by atoms with van der Waals surface area (Å²) in [6, 6.07) is 4.36. The Hall–Kier alpha value is -1.99. The maximum atomic E-state index is 12.8. The highest BCUT2D eigenvalue weighted by Gasteiger charge is 2.20. The van der Waals surface area contributed by atoms with Gasteiger partial charge in [0.2, 0.25) is 5.91 Å². The molecule has 1 rings (SSSR count). The van der Waals surface area contributed by atoms with Crippen LogP contribution in [0.3, 0.4) is 0 Å². The van der Waals surface area contributed by atoms with Crippen LogP contribution in [0.1, 0.15) is 32.1 Å². The average Bonchev–Trinajstić information content (AvgIpc) is 2.51. The first-order valence-electron chi connectivity index (χ1n) is 7.74. The first-order chi connectivity index (χ1) is 11.0. The highest BCUT2D eigenvalue weighted by Crippen LogP contribution is 2.09. The summed E-state index contributed by atoms with van der Waals surface area (Å²) < 4.78 is 12.8. The van der Waals surface area contributed by atoms with Crippen molar-refractivity contribution in [2.24, 2.45) is 5.73 Å². The Bertz CT molecular complexity index is 494. The summed E-state index contributed by atoms with van der Waals surface area (Å²) in [5, 5.41) is 14.6. The van der Waals surface area contributed by atoms with Gasteiger partial charge in [-0.3, -0.25) is 9.59 Å². The molecule has 0 aliphatic rings. The van der Waals surface area contributed by atoms with Crippen molar-refractivity contribution in [3.63, 3.8) is 0 Å². The van der Waals surface area contributed by atoms with Crippen molar-refractivity contribution >= 4 is 17.6 Å². The van der Waals surface area contributed by atoms with Crippen LogP contribution in [0, 0.1) is 5.82 Å². The molecular formula is C16H24FN3O3. The van der Waals surface area contributed by atoms with Gasteiger partial charge in [0.25, 0.3) is 0 Å². The van der Waals surface area contributed by atoms with Crippen LogP contribution in [0.2, 0.25) is 0 Å². The summed E-state index contributed by atoms with van der Waals surface area (Å²) in [7, 11) is 0. The minimum atomic E-state index is -1.07. The van der Waals surface area contributed by atoms with E-state index in [2.05, 4.69) is 10.6 Å². The predicted octanol–water partition coefficient (Wildman–Crippen LogP) is 1.72. The molecule has 0 heterocycles. The van der Waals surface area contributed by atoms with Gasteiger partial charge in [0.15, 0.2) is 0 Å². The van der Waals surface area contributed by atoms with Gasteiger partial charge in [-0.2, -0.15) is 0 Å². The number of carbonyl (C=O) groups excluding carboxylic acids is 1. The van der Waals surface area contributed by atoms with E-state index in [1.165, 1.54) is 24.3 Å². The minimum absolute atomic E-state index is 0.185. The zero-order valence-corrected chi connectivity index (χ0v) is 13.1. The Balaban J connectivity index is 2.35. The minimum Gasteiger partial charge on any atom is -0.480 e. The van der Waals surface area contributed by atoms with Gasteiger partial charge in [-0.15, -0.1) is 0 Å². The number of unbranched alkanes of at least 4 members (excludes halogenated alkanes) is 3. The lowest BCUT2D eigenvalue weighted by Crippen LogP contribution is -2.40. The number of aliphatic carboxylic acids is 1. The van der Waals surface area contributed by atoms with Crippen molar-refractivity contribution in [2.45, 2.75) is 38.1 Å². The summed E-state index contributed by atoms with van der Waals surface area (Å²) in [4.78, 5) is 23.1. The molecule has 128 valence electrons. The maximum Gasteiger partial charge on any atom is 0.321 e. The van der Waals surface area contributed by atoms with E-state index < -0.39 is 23.7 Å². The second kappa shape index (κ2) is 10.7. The van der Waals surface area contributed by atoms with Gasteiger partial charge >= 0.3 is 5.97 Å². The summed E-state index contributed by atoms with van der Waals surface area (Å²) in [5.41, 5.74) is 5.83. The lowest BCUT2D eigenvalue weighted by atomic mass is 10.1. The second-order valence-electron chi connectivity index (χ2n) is 5.31. The number of nitrogens with two attached hydrogens (primary N) is 1. The molecule has 0 radical (unpaired) electrons. The summed E-state index contributed by atoms with van der Waals surface area (Å²) >= 11 is 0. The number of amides is 1. The molecule has 1 aromatic rings.